The van der Waals surface area contributed by atoms with Crippen LogP contribution in [-0.2, 0) is 0 Å². The zero-order chi connectivity index (χ0) is 6.97. The van der Waals surface area contributed by atoms with Gasteiger partial charge in [0.2, 0.25) is 0 Å². The minimum atomic E-state index is 0.0862. The molecule has 2 rings (SSSR count). The Labute approximate surface area is 62.4 Å². The van der Waals surface area contributed by atoms with E-state index in [9.17, 15) is 5.11 Å². The van der Waals surface area contributed by atoms with Crippen LogP contribution in [0, 0.1) is 11.8 Å². The Hall–Kier alpha value is -0.0400. The average Bonchev–Trinajstić information content (AvgIpc) is 2.69. The van der Waals surface area contributed by atoms with E-state index in [1.807, 2.05) is 0 Å². The van der Waals surface area contributed by atoms with Crippen molar-refractivity contribution >= 4 is 0 Å². The monoisotopic (exact) mass is 140 g/mol. The van der Waals surface area contributed by atoms with Crippen LogP contribution in [0.4, 0.5) is 0 Å². The van der Waals surface area contributed by atoms with Crippen LogP contribution in [0.5, 0.6) is 0 Å². The summed E-state index contributed by atoms with van der Waals surface area (Å²) in [5.41, 5.74) is 0. The Morgan fingerprint density at radius 3 is 2.10 bits per heavy atom. The molecule has 2 fully saturated rings. The van der Waals surface area contributed by atoms with Crippen molar-refractivity contribution in [3.63, 3.8) is 0 Å². The molecule has 10 heavy (non-hydrogen) atoms. The van der Waals surface area contributed by atoms with E-state index in [2.05, 4.69) is 0 Å². The van der Waals surface area contributed by atoms with Crippen LogP contribution in [0.1, 0.15) is 38.5 Å². The second-order valence-electron chi connectivity index (χ2n) is 3.86. The first-order valence-corrected chi connectivity index (χ1v) is 4.56. The first-order chi connectivity index (χ1) is 4.88. The molecule has 0 spiro atoms. The van der Waals surface area contributed by atoms with Crippen LogP contribution in [-0.4, -0.2) is 11.2 Å². The van der Waals surface area contributed by atoms with Gasteiger partial charge in [0.15, 0.2) is 0 Å². The second kappa shape index (κ2) is 2.54. The van der Waals surface area contributed by atoms with E-state index in [0.29, 0.717) is 5.92 Å². The maximum Gasteiger partial charge on any atom is 0.0575 e. The summed E-state index contributed by atoms with van der Waals surface area (Å²) in [5, 5.41) is 9.18. The van der Waals surface area contributed by atoms with Gasteiger partial charge in [-0.1, -0.05) is 32.1 Å². The van der Waals surface area contributed by atoms with Crippen LogP contribution in [0.3, 0.4) is 0 Å². The molecule has 0 aromatic carbocycles. The predicted octanol–water partition coefficient (Wildman–Crippen LogP) is 1.95. The third kappa shape index (κ3) is 1.20. The molecule has 2 aliphatic rings. The van der Waals surface area contributed by atoms with E-state index in [-0.39, 0.29) is 6.10 Å². The third-order valence-electron chi connectivity index (χ3n) is 3.06. The highest BCUT2D eigenvalue weighted by Crippen LogP contribution is 2.43. The number of aliphatic hydroxyl groups excluding tert-OH is 1. The number of hydrogen-bond donors (Lipinski definition) is 1. The van der Waals surface area contributed by atoms with Crippen molar-refractivity contribution in [1.29, 1.82) is 0 Å². The summed E-state index contributed by atoms with van der Waals surface area (Å²) in [6.45, 7) is 0. The third-order valence-corrected chi connectivity index (χ3v) is 3.06. The van der Waals surface area contributed by atoms with Crippen molar-refractivity contribution < 1.29 is 5.11 Å². The molecule has 2 aliphatic carbocycles. The van der Waals surface area contributed by atoms with Gasteiger partial charge in [-0.25, -0.2) is 0 Å². The van der Waals surface area contributed by atoms with E-state index in [1.165, 1.54) is 32.1 Å². The lowest BCUT2D eigenvalue weighted by molar-refractivity contribution is 0.216. The molecular formula is C9H16O. The quantitative estimate of drug-likeness (QED) is 0.590. The van der Waals surface area contributed by atoms with Crippen molar-refractivity contribution in [1.82, 2.24) is 0 Å². The highest BCUT2D eigenvalue weighted by atomic mass is 16.3. The summed E-state index contributed by atoms with van der Waals surface area (Å²) in [6, 6.07) is 0. The van der Waals surface area contributed by atoms with Crippen molar-refractivity contribution in [2.24, 2.45) is 11.8 Å². The van der Waals surface area contributed by atoms with Crippen molar-refractivity contribution in [3.05, 3.63) is 0 Å². The molecule has 0 heterocycles. The first-order valence-electron chi connectivity index (χ1n) is 4.56. The maximum absolute atomic E-state index is 9.18. The minimum Gasteiger partial charge on any atom is -0.393 e. The molecule has 58 valence electrons. The van der Waals surface area contributed by atoms with E-state index in [1.54, 1.807) is 0 Å². The zero-order valence-corrected chi connectivity index (χ0v) is 6.42. The van der Waals surface area contributed by atoms with Crippen LogP contribution >= 0.6 is 0 Å². The van der Waals surface area contributed by atoms with Gasteiger partial charge >= 0.3 is 0 Å². The molecule has 0 bridgehead atoms. The van der Waals surface area contributed by atoms with Crippen LogP contribution < -0.4 is 0 Å². The van der Waals surface area contributed by atoms with Gasteiger partial charge in [-0.2, -0.15) is 0 Å². The summed E-state index contributed by atoms with van der Waals surface area (Å²) >= 11 is 0. The SMILES string of the molecule is OC1CC1C1CCCCC1. The molecular weight excluding hydrogens is 124 g/mol. The lowest BCUT2D eigenvalue weighted by atomic mass is 9.86. The van der Waals surface area contributed by atoms with Gasteiger partial charge in [-0.3, -0.25) is 0 Å². The molecule has 0 saturated heterocycles. The van der Waals surface area contributed by atoms with Gasteiger partial charge in [0.25, 0.3) is 0 Å². The molecule has 1 nitrogen and oxygen atoms in total. The zero-order valence-electron chi connectivity index (χ0n) is 6.42. The van der Waals surface area contributed by atoms with Gasteiger partial charge in [0.1, 0.15) is 0 Å². The number of aliphatic hydroxyl groups is 1. The number of hydrogen-bond acceptors (Lipinski definition) is 1. The Morgan fingerprint density at radius 2 is 1.60 bits per heavy atom. The minimum absolute atomic E-state index is 0.0862. The van der Waals surface area contributed by atoms with Gasteiger partial charge in [0.05, 0.1) is 6.10 Å². The van der Waals surface area contributed by atoms with Crippen molar-refractivity contribution in [2.75, 3.05) is 0 Å². The summed E-state index contributed by atoms with van der Waals surface area (Å²) in [5.74, 6) is 1.60. The van der Waals surface area contributed by atoms with Gasteiger partial charge < -0.3 is 5.11 Å². The molecule has 2 saturated carbocycles. The van der Waals surface area contributed by atoms with E-state index < -0.39 is 0 Å². The van der Waals surface area contributed by atoms with E-state index in [0.717, 1.165) is 12.3 Å². The molecule has 2 atom stereocenters. The Balaban J connectivity index is 1.81. The lowest BCUT2D eigenvalue weighted by Gasteiger charge is -2.20. The average molecular weight is 140 g/mol. The molecule has 0 radical (unpaired) electrons. The molecule has 0 aliphatic heterocycles. The molecule has 1 heteroatoms. The normalized spacial score (nSPS) is 41.7. The molecule has 0 amide bonds. The number of rotatable bonds is 1. The van der Waals surface area contributed by atoms with Crippen LogP contribution in [0.2, 0.25) is 0 Å². The Morgan fingerprint density at radius 1 is 1.00 bits per heavy atom. The van der Waals surface area contributed by atoms with Gasteiger partial charge in [-0.05, 0) is 18.3 Å². The maximum atomic E-state index is 9.18. The van der Waals surface area contributed by atoms with Gasteiger partial charge in [0, 0.05) is 0 Å². The Bertz CT molecular complexity index is 116. The predicted molar refractivity (Wildman–Crippen MR) is 40.7 cm³/mol. The first kappa shape index (κ1) is 6.66. The molecule has 1 N–H and O–H groups in total. The molecule has 2 unspecified atom stereocenters. The fourth-order valence-electron chi connectivity index (χ4n) is 2.27. The van der Waals surface area contributed by atoms with E-state index in [4.69, 9.17) is 0 Å². The lowest BCUT2D eigenvalue weighted by Crippen LogP contribution is -2.10. The summed E-state index contributed by atoms with van der Waals surface area (Å²) in [4.78, 5) is 0. The summed E-state index contributed by atoms with van der Waals surface area (Å²) < 4.78 is 0. The molecule has 0 aromatic rings. The standard InChI is InChI=1S/C9H16O/c10-9-6-8(9)7-4-2-1-3-5-7/h7-10H,1-6H2. The van der Waals surface area contributed by atoms with Crippen molar-refractivity contribution in [3.8, 4) is 0 Å². The molecule has 0 aromatic heterocycles. The van der Waals surface area contributed by atoms with Crippen molar-refractivity contribution in [2.45, 2.75) is 44.6 Å². The highest BCUT2D eigenvalue weighted by Gasteiger charge is 2.41. The fourth-order valence-corrected chi connectivity index (χ4v) is 2.27. The smallest absolute Gasteiger partial charge is 0.0575 e. The summed E-state index contributed by atoms with van der Waals surface area (Å²) in [7, 11) is 0. The largest absolute Gasteiger partial charge is 0.393 e. The summed E-state index contributed by atoms with van der Waals surface area (Å²) in [6.07, 6.45) is 8.22. The topological polar surface area (TPSA) is 20.2 Å². The van der Waals surface area contributed by atoms with Crippen LogP contribution in [0.15, 0.2) is 0 Å². The Kier molecular flexibility index (Phi) is 1.69. The fraction of sp³-hybridized carbons (Fsp3) is 1.00. The second-order valence-corrected chi connectivity index (χ2v) is 3.86. The highest BCUT2D eigenvalue weighted by molar-refractivity contribution is 4.91. The van der Waals surface area contributed by atoms with E-state index >= 15 is 0 Å². The van der Waals surface area contributed by atoms with Gasteiger partial charge in [-0.15, -0.1) is 0 Å². The van der Waals surface area contributed by atoms with Crippen LogP contribution in [0.25, 0.3) is 0 Å².